The minimum absolute atomic E-state index is 0.913. The Labute approximate surface area is 292 Å². The molecule has 12 aromatic rings. The van der Waals surface area contributed by atoms with Gasteiger partial charge in [0.15, 0.2) is 5.58 Å². The Hall–Kier alpha value is -6.84. The summed E-state index contributed by atoms with van der Waals surface area (Å²) in [6.45, 7) is 0. The molecule has 3 nitrogen and oxygen atoms in total. The quantitative estimate of drug-likeness (QED) is 0.175. The summed E-state index contributed by atoms with van der Waals surface area (Å²) in [6, 6.07) is 61.5. The highest BCUT2D eigenvalue weighted by Crippen LogP contribution is 2.48. The van der Waals surface area contributed by atoms with Crippen LogP contribution in [0, 0.1) is 0 Å². The zero-order valence-electron chi connectivity index (χ0n) is 27.5. The molecule has 3 heteroatoms. The van der Waals surface area contributed by atoms with Crippen molar-refractivity contribution in [1.29, 1.82) is 0 Å². The van der Waals surface area contributed by atoms with Crippen LogP contribution in [-0.2, 0) is 0 Å². The fourth-order valence-electron chi connectivity index (χ4n) is 8.93. The first-order chi connectivity index (χ1) is 25.3. The molecule has 236 valence electrons. The Bertz CT molecular complexity index is 3340. The van der Waals surface area contributed by atoms with E-state index >= 15 is 0 Å². The number of hydrogen-bond acceptors (Lipinski definition) is 1. The number of fused-ring (bicyclic) bond motifs is 9. The summed E-state index contributed by atoms with van der Waals surface area (Å²) in [6.07, 6.45) is 0. The summed E-state index contributed by atoms with van der Waals surface area (Å²) in [4.78, 5) is 0. The molecule has 0 amide bonds. The summed E-state index contributed by atoms with van der Waals surface area (Å²) >= 11 is 0. The number of nitrogens with zero attached hydrogens (tertiary/aromatic N) is 2. The molecule has 0 radical (unpaired) electrons. The second-order valence-electron chi connectivity index (χ2n) is 13.6. The minimum atomic E-state index is 0.913. The van der Waals surface area contributed by atoms with E-state index in [2.05, 4.69) is 179 Å². The highest BCUT2D eigenvalue weighted by atomic mass is 16.3. The van der Waals surface area contributed by atoms with E-state index in [1.807, 2.05) is 0 Å². The van der Waals surface area contributed by atoms with Crippen molar-refractivity contribution in [3.8, 4) is 22.5 Å². The molecule has 0 fully saturated rings. The first-order valence-electron chi connectivity index (χ1n) is 17.5. The lowest BCUT2D eigenvalue weighted by atomic mass is 9.91. The Morgan fingerprint density at radius 3 is 1.51 bits per heavy atom. The van der Waals surface area contributed by atoms with Crippen LogP contribution in [-0.4, -0.2) is 9.13 Å². The third-order valence-electron chi connectivity index (χ3n) is 11.1. The van der Waals surface area contributed by atoms with Crippen molar-refractivity contribution >= 4 is 87.1 Å². The highest BCUT2D eigenvalue weighted by molar-refractivity contribution is 6.35. The second kappa shape index (κ2) is 9.87. The van der Waals surface area contributed by atoms with E-state index in [1.165, 1.54) is 64.9 Å². The largest absolute Gasteiger partial charge is 0.453 e. The SMILES string of the molecule is c1ccc(-c2ccc3c4ccccc4c4ccc(-n5c6ccccc6c6cc7c(cc65)c5ccccc5n7-c5ccccc5)c5oc2c3c54)cc1. The third kappa shape index (κ3) is 3.52. The number of rotatable bonds is 3. The van der Waals surface area contributed by atoms with E-state index in [9.17, 15) is 0 Å². The lowest BCUT2D eigenvalue weighted by Gasteiger charge is -2.12. The molecule has 0 N–H and O–H groups in total. The summed E-state index contributed by atoms with van der Waals surface area (Å²) < 4.78 is 12.1. The topological polar surface area (TPSA) is 23.0 Å². The van der Waals surface area contributed by atoms with Gasteiger partial charge in [0.2, 0.25) is 0 Å². The van der Waals surface area contributed by atoms with Crippen LogP contribution in [0.4, 0.5) is 0 Å². The maximum atomic E-state index is 7.22. The van der Waals surface area contributed by atoms with Gasteiger partial charge in [-0.3, -0.25) is 0 Å². The van der Waals surface area contributed by atoms with Crippen molar-refractivity contribution in [2.24, 2.45) is 0 Å². The molecule has 3 aromatic heterocycles. The Kier molecular flexibility index (Phi) is 5.23. The van der Waals surface area contributed by atoms with E-state index in [-0.39, 0.29) is 0 Å². The highest BCUT2D eigenvalue weighted by Gasteiger charge is 2.25. The average molecular weight is 649 g/mol. The summed E-state index contributed by atoms with van der Waals surface area (Å²) in [7, 11) is 0. The van der Waals surface area contributed by atoms with Gasteiger partial charge in [0.25, 0.3) is 0 Å². The Morgan fingerprint density at radius 2 is 0.843 bits per heavy atom. The van der Waals surface area contributed by atoms with Crippen molar-refractivity contribution in [3.63, 3.8) is 0 Å². The fourth-order valence-corrected chi connectivity index (χ4v) is 8.93. The van der Waals surface area contributed by atoms with Crippen LogP contribution >= 0.6 is 0 Å². The molecule has 0 aliphatic heterocycles. The van der Waals surface area contributed by atoms with E-state index in [4.69, 9.17) is 4.42 Å². The maximum Gasteiger partial charge on any atom is 0.160 e. The van der Waals surface area contributed by atoms with Crippen LogP contribution in [0.25, 0.3) is 110 Å². The molecule has 0 saturated carbocycles. The molecular formula is C48H28N2O. The van der Waals surface area contributed by atoms with Crippen LogP contribution in [0.2, 0.25) is 0 Å². The molecule has 3 heterocycles. The lowest BCUT2D eigenvalue weighted by Crippen LogP contribution is -1.95. The first kappa shape index (κ1) is 27.0. The Balaban J connectivity index is 1.25. The molecule has 0 aliphatic rings. The van der Waals surface area contributed by atoms with Gasteiger partial charge < -0.3 is 13.6 Å². The van der Waals surface area contributed by atoms with Crippen molar-refractivity contribution in [2.75, 3.05) is 0 Å². The molecule has 0 atom stereocenters. The van der Waals surface area contributed by atoms with Crippen LogP contribution in [0.1, 0.15) is 0 Å². The van der Waals surface area contributed by atoms with E-state index in [1.54, 1.807) is 0 Å². The zero-order valence-corrected chi connectivity index (χ0v) is 27.5. The molecular weight excluding hydrogens is 621 g/mol. The van der Waals surface area contributed by atoms with Gasteiger partial charge in [-0.25, -0.2) is 0 Å². The van der Waals surface area contributed by atoms with Crippen LogP contribution < -0.4 is 0 Å². The maximum absolute atomic E-state index is 7.22. The van der Waals surface area contributed by atoms with Gasteiger partial charge in [-0.05, 0) is 75.6 Å². The third-order valence-corrected chi connectivity index (χ3v) is 11.1. The first-order valence-corrected chi connectivity index (χ1v) is 17.5. The van der Waals surface area contributed by atoms with Crippen molar-refractivity contribution in [3.05, 3.63) is 170 Å². The molecule has 0 spiro atoms. The smallest absolute Gasteiger partial charge is 0.160 e. The standard InChI is InChI=1S/C48H28N2O/c1-3-13-29(14-4-1)31-23-24-36-32-17-7-8-18-33(32)37-25-26-42(48-46(37)45(36)47(31)51-48)50-41-22-12-10-20-35(41)39-27-43-38(28-44(39)50)34-19-9-11-21-40(34)49(43)30-15-5-2-6-16-30/h1-28H. The number of furan rings is 1. The average Bonchev–Trinajstić information content (AvgIpc) is 3.86. The fraction of sp³-hybridized carbons (Fsp3) is 0. The summed E-state index contributed by atoms with van der Waals surface area (Å²) in [5.41, 5.74) is 11.0. The molecule has 0 unspecified atom stereocenters. The molecule has 12 rings (SSSR count). The normalized spacial score (nSPS) is 12.3. The minimum Gasteiger partial charge on any atom is -0.453 e. The van der Waals surface area contributed by atoms with Crippen LogP contribution in [0.5, 0.6) is 0 Å². The Morgan fingerprint density at radius 1 is 0.333 bits per heavy atom. The van der Waals surface area contributed by atoms with E-state index in [0.717, 1.165) is 44.7 Å². The predicted octanol–water partition coefficient (Wildman–Crippen LogP) is 13.2. The van der Waals surface area contributed by atoms with Gasteiger partial charge in [-0.15, -0.1) is 0 Å². The van der Waals surface area contributed by atoms with Crippen molar-refractivity contribution in [2.45, 2.75) is 0 Å². The summed E-state index contributed by atoms with van der Waals surface area (Å²) in [5.74, 6) is 0. The van der Waals surface area contributed by atoms with Gasteiger partial charge >= 0.3 is 0 Å². The molecule has 0 bridgehead atoms. The van der Waals surface area contributed by atoms with E-state index < -0.39 is 0 Å². The number of benzene rings is 9. The van der Waals surface area contributed by atoms with Gasteiger partial charge in [0.05, 0.1) is 27.8 Å². The number of hydrogen-bond donors (Lipinski definition) is 0. The van der Waals surface area contributed by atoms with Gasteiger partial charge in [-0.2, -0.15) is 0 Å². The summed E-state index contributed by atoms with van der Waals surface area (Å²) in [5, 5.41) is 12.2. The monoisotopic (exact) mass is 648 g/mol. The van der Waals surface area contributed by atoms with E-state index in [0.29, 0.717) is 0 Å². The number of aromatic nitrogens is 2. The van der Waals surface area contributed by atoms with Crippen LogP contribution in [0.15, 0.2) is 174 Å². The molecule has 0 aliphatic carbocycles. The van der Waals surface area contributed by atoms with Gasteiger partial charge in [0, 0.05) is 43.6 Å². The molecule has 51 heavy (non-hydrogen) atoms. The van der Waals surface area contributed by atoms with Crippen molar-refractivity contribution < 1.29 is 4.42 Å². The number of para-hydroxylation sites is 3. The predicted molar refractivity (Wildman–Crippen MR) is 214 cm³/mol. The molecule has 0 saturated heterocycles. The van der Waals surface area contributed by atoms with Crippen molar-refractivity contribution in [1.82, 2.24) is 9.13 Å². The van der Waals surface area contributed by atoms with Crippen LogP contribution in [0.3, 0.4) is 0 Å². The van der Waals surface area contributed by atoms with Gasteiger partial charge in [0.1, 0.15) is 5.58 Å². The molecule has 9 aromatic carbocycles. The van der Waals surface area contributed by atoms with Gasteiger partial charge in [-0.1, -0.05) is 121 Å². The second-order valence-corrected chi connectivity index (χ2v) is 13.6. The zero-order chi connectivity index (χ0) is 33.2. The lowest BCUT2D eigenvalue weighted by molar-refractivity contribution is 0.668.